The highest BCUT2D eigenvalue weighted by Crippen LogP contribution is 2.39. The Balaban J connectivity index is 2.03. The monoisotopic (exact) mass is 269 g/mol. The van der Waals surface area contributed by atoms with Crippen LogP contribution in [0.4, 0.5) is 0 Å². The molecule has 0 aromatic carbocycles. The van der Waals surface area contributed by atoms with Gasteiger partial charge in [-0.15, -0.1) is 0 Å². The highest BCUT2D eigenvalue weighted by atomic mass is 16.5. The second-order valence-corrected chi connectivity index (χ2v) is 7.58. The topological polar surface area (TPSA) is 21.3 Å². The van der Waals surface area contributed by atoms with E-state index in [1.165, 1.54) is 38.5 Å². The molecule has 0 spiro atoms. The van der Waals surface area contributed by atoms with Gasteiger partial charge < -0.3 is 10.1 Å². The minimum atomic E-state index is 0.476. The predicted molar refractivity (Wildman–Crippen MR) is 83.5 cm³/mol. The standard InChI is InChI=1S/C17H35NO/c1-14(2)18-9-7-6-8-10-19-16-11-15(3)12-17(4,5)13-16/h14-16,18H,6-13H2,1-5H3. The van der Waals surface area contributed by atoms with Gasteiger partial charge in [-0.3, -0.25) is 0 Å². The van der Waals surface area contributed by atoms with Crippen molar-refractivity contribution in [3.05, 3.63) is 0 Å². The zero-order chi connectivity index (χ0) is 14.3. The Bertz CT molecular complexity index is 237. The summed E-state index contributed by atoms with van der Waals surface area (Å²) in [5.41, 5.74) is 0.476. The summed E-state index contributed by atoms with van der Waals surface area (Å²) in [5, 5.41) is 3.46. The summed E-state index contributed by atoms with van der Waals surface area (Å²) in [5.74, 6) is 0.823. The number of rotatable bonds is 8. The van der Waals surface area contributed by atoms with Crippen molar-refractivity contribution in [3.8, 4) is 0 Å². The first kappa shape index (κ1) is 17.0. The average molecular weight is 269 g/mol. The third-order valence-electron chi connectivity index (χ3n) is 4.07. The average Bonchev–Trinajstić information content (AvgIpc) is 2.24. The van der Waals surface area contributed by atoms with Crippen LogP contribution in [0.1, 0.15) is 73.1 Å². The van der Waals surface area contributed by atoms with E-state index in [9.17, 15) is 0 Å². The first-order chi connectivity index (χ1) is 8.89. The van der Waals surface area contributed by atoms with E-state index >= 15 is 0 Å². The molecule has 2 atom stereocenters. The zero-order valence-corrected chi connectivity index (χ0v) is 13.8. The molecule has 0 saturated heterocycles. The molecule has 0 aromatic rings. The molecule has 0 heterocycles. The van der Waals surface area contributed by atoms with Gasteiger partial charge in [0, 0.05) is 12.6 Å². The Kier molecular flexibility index (Phi) is 7.38. The van der Waals surface area contributed by atoms with Crippen LogP contribution >= 0.6 is 0 Å². The molecule has 1 aliphatic carbocycles. The smallest absolute Gasteiger partial charge is 0.0582 e. The summed E-state index contributed by atoms with van der Waals surface area (Å²) in [4.78, 5) is 0. The third kappa shape index (κ3) is 7.94. The van der Waals surface area contributed by atoms with Gasteiger partial charge in [-0.1, -0.05) is 34.6 Å². The van der Waals surface area contributed by atoms with Gasteiger partial charge in [0.2, 0.25) is 0 Å². The Labute approximate surface area is 120 Å². The van der Waals surface area contributed by atoms with E-state index in [0.29, 0.717) is 17.6 Å². The van der Waals surface area contributed by atoms with E-state index in [1.54, 1.807) is 0 Å². The molecule has 0 aromatic heterocycles. The van der Waals surface area contributed by atoms with Crippen LogP contribution in [0.2, 0.25) is 0 Å². The molecule has 2 nitrogen and oxygen atoms in total. The number of hydrogen-bond acceptors (Lipinski definition) is 2. The Morgan fingerprint density at radius 1 is 1.16 bits per heavy atom. The van der Waals surface area contributed by atoms with Gasteiger partial charge in [-0.05, 0) is 56.4 Å². The summed E-state index contributed by atoms with van der Waals surface area (Å²) in [6, 6.07) is 0.613. The lowest BCUT2D eigenvalue weighted by Crippen LogP contribution is -2.32. The van der Waals surface area contributed by atoms with E-state index in [0.717, 1.165) is 19.1 Å². The lowest BCUT2D eigenvalue weighted by atomic mass is 9.71. The molecule has 1 aliphatic rings. The molecule has 1 saturated carbocycles. The normalized spacial score (nSPS) is 26.8. The maximum absolute atomic E-state index is 6.10. The molecule has 0 amide bonds. The van der Waals surface area contributed by atoms with Crippen molar-refractivity contribution in [2.75, 3.05) is 13.2 Å². The Morgan fingerprint density at radius 2 is 1.89 bits per heavy atom. The van der Waals surface area contributed by atoms with Gasteiger partial charge >= 0.3 is 0 Å². The van der Waals surface area contributed by atoms with Crippen LogP contribution in [0.15, 0.2) is 0 Å². The fourth-order valence-electron chi connectivity index (χ4n) is 3.43. The maximum atomic E-state index is 6.10. The molecular weight excluding hydrogens is 234 g/mol. The van der Waals surface area contributed by atoms with Gasteiger partial charge in [-0.25, -0.2) is 0 Å². The van der Waals surface area contributed by atoms with E-state index in [2.05, 4.69) is 39.9 Å². The quantitative estimate of drug-likeness (QED) is 0.660. The Morgan fingerprint density at radius 3 is 2.53 bits per heavy atom. The van der Waals surface area contributed by atoms with E-state index in [4.69, 9.17) is 4.74 Å². The summed E-state index contributed by atoms with van der Waals surface area (Å²) in [7, 11) is 0. The molecule has 2 unspecified atom stereocenters. The highest BCUT2D eigenvalue weighted by Gasteiger charge is 2.32. The third-order valence-corrected chi connectivity index (χ3v) is 4.07. The van der Waals surface area contributed by atoms with Crippen LogP contribution in [0.5, 0.6) is 0 Å². The summed E-state index contributed by atoms with van der Waals surface area (Å²) >= 11 is 0. The zero-order valence-electron chi connectivity index (χ0n) is 13.8. The van der Waals surface area contributed by atoms with Crippen molar-refractivity contribution in [1.29, 1.82) is 0 Å². The van der Waals surface area contributed by atoms with E-state index in [-0.39, 0.29) is 0 Å². The van der Waals surface area contributed by atoms with E-state index in [1.807, 2.05) is 0 Å². The van der Waals surface area contributed by atoms with Crippen molar-refractivity contribution < 1.29 is 4.74 Å². The lowest BCUT2D eigenvalue weighted by Gasteiger charge is -2.38. The van der Waals surface area contributed by atoms with Crippen LogP contribution in [-0.4, -0.2) is 25.3 Å². The minimum absolute atomic E-state index is 0.476. The summed E-state index contributed by atoms with van der Waals surface area (Å²) in [6.07, 6.45) is 8.13. The SMILES string of the molecule is CC1CC(OCCCCCNC(C)C)CC(C)(C)C1. The summed E-state index contributed by atoms with van der Waals surface area (Å²) < 4.78 is 6.10. The fraction of sp³-hybridized carbons (Fsp3) is 1.00. The van der Waals surface area contributed by atoms with Gasteiger partial charge in [-0.2, -0.15) is 0 Å². The van der Waals surface area contributed by atoms with Crippen molar-refractivity contribution >= 4 is 0 Å². The molecule has 1 rings (SSSR count). The molecule has 0 radical (unpaired) electrons. The number of ether oxygens (including phenoxy) is 1. The van der Waals surface area contributed by atoms with Gasteiger partial charge in [0.05, 0.1) is 6.10 Å². The van der Waals surface area contributed by atoms with Crippen LogP contribution < -0.4 is 5.32 Å². The van der Waals surface area contributed by atoms with Crippen molar-refractivity contribution in [1.82, 2.24) is 5.32 Å². The lowest BCUT2D eigenvalue weighted by molar-refractivity contribution is -0.0240. The van der Waals surface area contributed by atoms with Crippen LogP contribution in [-0.2, 0) is 4.74 Å². The van der Waals surface area contributed by atoms with Crippen molar-refractivity contribution in [2.24, 2.45) is 11.3 Å². The Hall–Kier alpha value is -0.0800. The number of hydrogen-bond donors (Lipinski definition) is 1. The van der Waals surface area contributed by atoms with Crippen LogP contribution in [0.25, 0.3) is 0 Å². The maximum Gasteiger partial charge on any atom is 0.0582 e. The van der Waals surface area contributed by atoms with E-state index < -0.39 is 0 Å². The molecule has 114 valence electrons. The first-order valence-corrected chi connectivity index (χ1v) is 8.24. The number of nitrogens with one attached hydrogen (secondary N) is 1. The number of unbranched alkanes of at least 4 members (excludes halogenated alkanes) is 2. The largest absolute Gasteiger partial charge is 0.378 e. The molecule has 19 heavy (non-hydrogen) atoms. The minimum Gasteiger partial charge on any atom is -0.378 e. The second-order valence-electron chi connectivity index (χ2n) is 7.58. The molecule has 2 heteroatoms. The molecule has 1 fully saturated rings. The molecular formula is C17H35NO. The van der Waals surface area contributed by atoms with Gasteiger partial charge in [0.1, 0.15) is 0 Å². The van der Waals surface area contributed by atoms with Crippen LogP contribution in [0.3, 0.4) is 0 Å². The summed E-state index contributed by atoms with van der Waals surface area (Å²) in [6.45, 7) is 13.6. The highest BCUT2D eigenvalue weighted by molar-refractivity contribution is 4.83. The fourth-order valence-corrected chi connectivity index (χ4v) is 3.43. The predicted octanol–water partition coefficient (Wildman–Crippen LogP) is 4.39. The van der Waals surface area contributed by atoms with Gasteiger partial charge in [0.15, 0.2) is 0 Å². The molecule has 0 aliphatic heterocycles. The molecule has 1 N–H and O–H groups in total. The van der Waals surface area contributed by atoms with Crippen molar-refractivity contribution in [2.45, 2.75) is 85.3 Å². The first-order valence-electron chi connectivity index (χ1n) is 8.24. The van der Waals surface area contributed by atoms with Crippen molar-refractivity contribution in [3.63, 3.8) is 0 Å². The van der Waals surface area contributed by atoms with Gasteiger partial charge in [0.25, 0.3) is 0 Å². The molecule has 0 bridgehead atoms. The van der Waals surface area contributed by atoms with Crippen LogP contribution in [0, 0.1) is 11.3 Å². The second kappa shape index (κ2) is 8.26.